The highest BCUT2D eigenvalue weighted by Crippen LogP contribution is 2.05. The Balaban J connectivity index is 2.50. The van der Waals surface area contributed by atoms with Crippen LogP contribution in [0.2, 0.25) is 0 Å². The van der Waals surface area contributed by atoms with Gasteiger partial charge in [-0.05, 0) is 25.5 Å². The fraction of sp³-hybridized carbons (Fsp3) is 0.500. The second-order valence-electron chi connectivity index (χ2n) is 3.95. The van der Waals surface area contributed by atoms with Crippen molar-refractivity contribution in [2.24, 2.45) is 7.05 Å². The number of carbonyl (C=O) groups excluding carboxylic acids is 1. The summed E-state index contributed by atoms with van der Waals surface area (Å²) in [7, 11) is 1.83. The van der Waals surface area contributed by atoms with Gasteiger partial charge in [-0.15, -0.1) is 0 Å². The third-order valence-corrected chi connectivity index (χ3v) is 2.53. The van der Waals surface area contributed by atoms with Gasteiger partial charge in [0, 0.05) is 26.3 Å². The van der Waals surface area contributed by atoms with E-state index in [1.807, 2.05) is 33.2 Å². The van der Waals surface area contributed by atoms with Crippen molar-refractivity contribution in [1.82, 2.24) is 15.2 Å². The van der Waals surface area contributed by atoms with Crippen molar-refractivity contribution in [3.8, 4) is 6.07 Å². The Morgan fingerprint density at radius 1 is 1.65 bits per heavy atom. The van der Waals surface area contributed by atoms with E-state index < -0.39 is 0 Å². The summed E-state index contributed by atoms with van der Waals surface area (Å²) in [5.41, 5.74) is 1.62. The number of rotatable bonds is 5. The highest BCUT2D eigenvalue weighted by molar-refractivity contribution is 5.81. The van der Waals surface area contributed by atoms with Gasteiger partial charge in [-0.1, -0.05) is 0 Å². The van der Waals surface area contributed by atoms with Crippen molar-refractivity contribution in [3.05, 3.63) is 23.5 Å². The zero-order chi connectivity index (χ0) is 12.8. The molecule has 0 fully saturated rings. The van der Waals surface area contributed by atoms with Gasteiger partial charge in [-0.2, -0.15) is 5.26 Å². The van der Waals surface area contributed by atoms with Gasteiger partial charge in [-0.25, -0.2) is 0 Å². The minimum atomic E-state index is -0.235. The van der Waals surface area contributed by atoms with E-state index in [0.29, 0.717) is 18.8 Å². The largest absolute Gasteiger partial charge is 0.355 e. The molecule has 1 aromatic rings. The summed E-state index contributed by atoms with van der Waals surface area (Å²) in [6.07, 6.45) is 1.88. The first-order valence-corrected chi connectivity index (χ1v) is 5.65. The van der Waals surface area contributed by atoms with Crippen molar-refractivity contribution in [2.45, 2.75) is 26.4 Å². The number of hydrogen-bond acceptors (Lipinski definition) is 3. The van der Waals surface area contributed by atoms with E-state index in [-0.39, 0.29) is 11.9 Å². The first kappa shape index (κ1) is 13.3. The molecule has 1 aromatic heterocycles. The monoisotopic (exact) mass is 234 g/mol. The van der Waals surface area contributed by atoms with Crippen LogP contribution in [-0.4, -0.2) is 23.1 Å². The van der Waals surface area contributed by atoms with Crippen LogP contribution >= 0.6 is 0 Å². The number of nitrogens with zero attached hydrogens (tertiary/aromatic N) is 2. The SMILES string of the molecule is CCNC(=O)C(C)NCc1cc(C#N)n(C)c1. The molecule has 5 heteroatoms. The lowest BCUT2D eigenvalue weighted by Crippen LogP contribution is -2.41. The van der Waals surface area contributed by atoms with Crippen LogP contribution < -0.4 is 10.6 Å². The van der Waals surface area contributed by atoms with Crippen LogP contribution in [0.4, 0.5) is 0 Å². The minimum Gasteiger partial charge on any atom is -0.355 e. The lowest BCUT2D eigenvalue weighted by Gasteiger charge is -2.12. The maximum Gasteiger partial charge on any atom is 0.236 e. The Kier molecular flexibility index (Phi) is 4.73. The standard InChI is InChI=1S/C12H18N4O/c1-4-14-12(17)9(2)15-7-10-5-11(6-13)16(3)8-10/h5,8-9,15H,4,7H2,1-3H3,(H,14,17). The molecule has 1 heterocycles. The van der Waals surface area contributed by atoms with Crippen molar-refractivity contribution >= 4 is 5.91 Å². The first-order valence-electron chi connectivity index (χ1n) is 5.65. The zero-order valence-electron chi connectivity index (χ0n) is 10.4. The number of aryl methyl sites for hydroxylation is 1. The fourth-order valence-corrected chi connectivity index (χ4v) is 1.53. The summed E-state index contributed by atoms with van der Waals surface area (Å²) in [6, 6.07) is 3.68. The first-order chi connectivity index (χ1) is 8.08. The van der Waals surface area contributed by atoms with E-state index in [4.69, 9.17) is 5.26 Å². The predicted molar refractivity (Wildman–Crippen MR) is 65.1 cm³/mol. The quantitative estimate of drug-likeness (QED) is 0.780. The highest BCUT2D eigenvalue weighted by atomic mass is 16.2. The average molecular weight is 234 g/mol. The van der Waals surface area contributed by atoms with Crippen LogP contribution in [0.15, 0.2) is 12.3 Å². The molecule has 0 aromatic carbocycles. The number of nitriles is 1. The van der Waals surface area contributed by atoms with E-state index in [2.05, 4.69) is 16.7 Å². The summed E-state index contributed by atoms with van der Waals surface area (Å²) in [4.78, 5) is 11.5. The molecule has 17 heavy (non-hydrogen) atoms. The van der Waals surface area contributed by atoms with Gasteiger partial charge < -0.3 is 15.2 Å². The number of hydrogen-bond donors (Lipinski definition) is 2. The summed E-state index contributed by atoms with van der Waals surface area (Å²) in [5.74, 6) is -0.0102. The molecule has 92 valence electrons. The maximum absolute atomic E-state index is 11.5. The van der Waals surface area contributed by atoms with Gasteiger partial charge in [0.15, 0.2) is 0 Å². The predicted octanol–water partition coefficient (Wildman–Crippen LogP) is 0.511. The molecule has 1 atom stereocenters. The Labute approximate surface area is 101 Å². The molecular weight excluding hydrogens is 216 g/mol. The van der Waals surface area contributed by atoms with Crippen molar-refractivity contribution in [1.29, 1.82) is 5.26 Å². The lowest BCUT2D eigenvalue weighted by atomic mass is 10.2. The van der Waals surface area contributed by atoms with E-state index in [1.165, 1.54) is 0 Å². The molecule has 2 N–H and O–H groups in total. The molecule has 1 unspecified atom stereocenters. The number of carbonyl (C=O) groups is 1. The van der Waals surface area contributed by atoms with E-state index in [0.717, 1.165) is 5.56 Å². The fourth-order valence-electron chi connectivity index (χ4n) is 1.53. The number of likely N-dealkylation sites (N-methyl/N-ethyl adjacent to an activating group) is 1. The van der Waals surface area contributed by atoms with Crippen molar-refractivity contribution in [3.63, 3.8) is 0 Å². The molecule has 5 nitrogen and oxygen atoms in total. The molecule has 1 rings (SSSR count). The highest BCUT2D eigenvalue weighted by Gasteiger charge is 2.11. The molecule has 0 aliphatic rings. The van der Waals surface area contributed by atoms with Gasteiger partial charge in [0.1, 0.15) is 11.8 Å². The van der Waals surface area contributed by atoms with E-state index in [9.17, 15) is 4.79 Å². The molecule has 0 bridgehead atoms. The summed E-state index contributed by atoms with van der Waals surface area (Å²) in [6.45, 7) is 4.92. The van der Waals surface area contributed by atoms with Crippen LogP contribution in [0.5, 0.6) is 0 Å². The maximum atomic E-state index is 11.5. The Bertz CT molecular complexity index is 430. The topological polar surface area (TPSA) is 69.8 Å². The second kappa shape index (κ2) is 6.06. The van der Waals surface area contributed by atoms with Gasteiger partial charge in [0.25, 0.3) is 0 Å². The van der Waals surface area contributed by atoms with Gasteiger partial charge in [0.2, 0.25) is 5.91 Å². The minimum absolute atomic E-state index is 0.0102. The number of aromatic nitrogens is 1. The normalized spacial score (nSPS) is 11.9. The van der Waals surface area contributed by atoms with Crippen LogP contribution in [0, 0.1) is 11.3 Å². The van der Waals surface area contributed by atoms with E-state index in [1.54, 1.807) is 4.57 Å². The van der Waals surface area contributed by atoms with Crippen LogP contribution in [-0.2, 0) is 18.4 Å². The van der Waals surface area contributed by atoms with Gasteiger partial charge in [0.05, 0.1) is 6.04 Å². The average Bonchev–Trinajstić information content (AvgIpc) is 2.67. The van der Waals surface area contributed by atoms with Crippen LogP contribution in [0.1, 0.15) is 25.1 Å². The Morgan fingerprint density at radius 3 is 2.88 bits per heavy atom. The number of nitrogens with one attached hydrogen (secondary N) is 2. The lowest BCUT2D eigenvalue weighted by molar-refractivity contribution is -0.122. The zero-order valence-corrected chi connectivity index (χ0v) is 10.4. The Hall–Kier alpha value is -1.80. The third kappa shape index (κ3) is 3.61. The van der Waals surface area contributed by atoms with Crippen LogP contribution in [0.3, 0.4) is 0 Å². The smallest absolute Gasteiger partial charge is 0.236 e. The molecule has 0 spiro atoms. The van der Waals surface area contributed by atoms with Crippen molar-refractivity contribution in [2.75, 3.05) is 6.54 Å². The molecule has 0 aliphatic carbocycles. The van der Waals surface area contributed by atoms with Crippen LogP contribution in [0.25, 0.3) is 0 Å². The molecule has 0 radical (unpaired) electrons. The molecule has 0 saturated heterocycles. The van der Waals surface area contributed by atoms with E-state index >= 15 is 0 Å². The summed E-state index contributed by atoms with van der Waals surface area (Å²) >= 11 is 0. The molecule has 0 saturated carbocycles. The number of amides is 1. The Morgan fingerprint density at radius 2 is 2.35 bits per heavy atom. The molecule has 1 amide bonds. The molecular formula is C12H18N4O. The molecule has 0 aliphatic heterocycles. The summed E-state index contributed by atoms with van der Waals surface area (Å²) in [5, 5.41) is 14.7. The van der Waals surface area contributed by atoms with Gasteiger partial charge >= 0.3 is 0 Å². The second-order valence-corrected chi connectivity index (χ2v) is 3.95. The van der Waals surface area contributed by atoms with Crippen molar-refractivity contribution < 1.29 is 4.79 Å². The summed E-state index contributed by atoms with van der Waals surface area (Å²) < 4.78 is 1.77. The third-order valence-electron chi connectivity index (χ3n) is 2.53. The van der Waals surface area contributed by atoms with Gasteiger partial charge in [-0.3, -0.25) is 4.79 Å².